The maximum Gasteiger partial charge on any atom is 0.421 e. The van der Waals surface area contributed by atoms with Crippen LogP contribution in [0.15, 0.2) is 12.3 Å². The van der Waals surface area contributed by atoms with E-state index in [2.05, 4.69) is 4.98 Å². The maximum absolute atomic E-state index is 12.9. The molecule has 2 nitrogen and oxygen atoms in total. The molecule has 0 unspecified atom stereocenters. The third-order valence-electron chi connectivity index (χ3n) is 3.04. The van der Waals surface area contributed by atoms with E-state index in [4.69, 9.17) is 4.43 Å². The van der Waals surface area contributed by atoms with E-state index in [9.17, 15) is 13.2 Å². The van der Waals surface area contributed by atoms with Gasteiger partial charge in [-0.1, -0.05) is 13.8 Å². The van der Waals surface area contributed by atoms with Crippen LogP contribution < -0.4 is 4.43 Å². The fraction of sp³-hybridized carbons (Fsp3) is 0.583. The molecule has 0 saturated carbocycles. The second kappa shape index (κ2) is 4.91. The van der Waals surface area contributed by atoms with Crippen LogP contribution in [0.1, 0.15) is 25.0 Å². The molecule has 0 aliphatic carbocycles. The lowest BCUT2D eigenvalue weighted by atomic mass is 10.2. The Kier molecular flexibility index (Phi) is 4.10. The zero-order valence-corrected chi connectivity index (χ0v) is 12.2. The number of alkyl halides is 3. The summed E-state index contributed by atoms with van der Waals surface area (Å²) in [4.78, 5) is 3.80. The van der Waals surface area contributed by atoms with Gasteiger partial charge >= 0.3 is 6.18 Å². The number of aromatic nitrogens is 1. The second-order valence-electron chi connectivity index (χ2n) is 5.22. The Morgan fingerprint density at radius 3 is 2.28 bits per heavy atom. The highest BCUT2D eigenvalue weighted by molar-refractivity contribution is 6.73. The first-order chi connectivity index (χ1) is 8.04. The molecule has 1 aromatic heterocycles. The fourth-order valence-electron chi connectivity index (χ4n) is 1.21. The van der Waals surface area contributed by atoms with E-state index in [1.807, 2.05) is 26.9 Å². The van der Waals surface area contributed by atoms with E-state index < -0.39 is 20.1 Å². The molecule has 0 aliphatic heterocycles. The van der Waals surface area contributed by atoms with Crippen molar-refractivity contribution in [2.24, 2.45) is 0 Å². The Morgan fingerprint density at radius 2 is 1.83 bits per heavy atom. The minimum absolute atomic E-state index is 0.210. The summed E-state index contributed by atoms with van der Waals surface area (Å²) in [5, 5.41) is 0. The van der Waals surface area contributed by atoms with Gasteiger partial charge < -0.3 is 4.43 Å². The van der Waals surface area contributed by atoms with Gasteiger partial charge in [0, 0.05) is 6.20 Å². The molecule has 1 rings (SSSR count). The van der Waals surface area contributed by atoms with Gasteiger partial charge in [-0.25, -0.2) is 4.98 Å². The van der Waals surface area contributed by atoms with Crippen LogP contribution in [0.25, 0.3) is 0 Å². The predicted molar refractivity (Wildman–Crippen MR) is 67.2 cm³/mol. The molecular weight excluding hydrogens is 259 g/mol. The number of nitrogens with zero attached hydrogens (tertiary/aromatic N) is 1. The van der Waals surface area contributed by atoms with Gasteiger partial charge in [0.15, 0.2) is 0 Å². The van der Waals surface area contributed by atoms with Crippen LogP contribution in [0, 0.1) is 6.92 Å². The average molecular weight is 277 g/mol. The van der Waals surface area contributed by atoms with Crippen molar-refractivity contribution in [2.45, 2.75) is 45.6 Å². The summed E-state index contributed by atoms with van der Waals surface area (Å²) in [6, 6.07) is 1.08. The lowest BCUT2D eigenvalue weighted by molar-refractivity contribution is -0.138. The van der Waals surface area contributed by atoms with Crippen LogP contribution in [0.4, 0.5) is 13.2 Å². The van der Waals surface area contributed by atoms with Crippen molar-refractivity contribution in [2.75, 3.05) is 0 Å². The normalized spacial score (nSPS) is 12.9. The number of rotatable bonds is 3. The van der Waals surface area contributed by atoms with Crippen LogP contribution in [0.2, 0.25) is 18.6 Å². The first-order valence-corrected chi connectivity index (χ1v) is 8.75. The number of halogens is 3. The summed E-state index contributed by atoms with van der Waals surface area (Å²) in [5.41, 5.74) is -0.107. The van der Waals surface area contributed by atoms with E-state index in [0.717, 1.165) is 6.07 Å². The molecule has 0 aromatic carbocycles. The molecule has 0 spiro atoms. The molecule has 0 bridgehead atoms. The van der Waals surface area contributed by atoms with Crippen molar-refractivity contribution >= 4 is 8.32 Å². The molecule has 0 saturated heterocycles. The van der Waals surface area contributed by atoms with Crippen molar-refractivity contribution in [1.29, 1.82) is 0 Å². The highest BCUT2D eigenvalue weighted by Gasteiger charge is 2.38. The Morgan fingerprint density at radius 1 is 1.28 bits per heavy atom. The standard InChI is InChI=1S/C12H18F3NOSi/c1-8(2)18(4,5)17-11-10(12(13,14)15)6-9(3)7-16-11/h6-8H,1-5H3. The number of hydrogen-bond donors (Lipinski definition) is 0. The van der Waals surface area contributed by atoms with Crippen LogP contribution in [0.5, 0.6) is 5.88 Å². The number of pyridine rings is 1. The summed E-state index contributed by atoms with van der Waals surface area (Å²) in [6.07, 6.45) is -3.04. The zero-order valence-electron chi connectivity index (χ0n) is 11.2. The van der Waals surface area contributed by atoms with Gasteiger partial charge in [-0.2, -0.15) is 13.2 Å². The van der Waals surface area contributed by atoms with E-state index in [1.54, 1.807) is 6.92 Å². The van der Waals surface area contributed by atoms with E-state index in [0.29, 0.717) is 5.56 Å². The molecule has 1 aromatic rings. The largest absolute Gasteiger partial charge is 0.530 e. The van der Waals surface area contributed by atoms with Gasteiger partial charge in [-0.3, -0.25) is 0 Å². The smallest absolute Gasteiger partial charge is 0.421 e. The van der Waals surface area contributed by atoms with Gasteiger partial charge in [0.2, 0.25) is 14.2 Å². The molecule has 0 aliphatic rings. The lowest BCUT2D eigenvalue weighted by Gasteiger charge is -2.28. The summed E-state index contributed by atoms with van der Waals surface area (Å²) < 4.78 is 44.3. The third-order valence-corrected chi connectivity index (χ3v) is 6.54. The zero-order chi connectivity index (χ0) is 14.1. The number of hydrogen-bond acceptors (Lipinski definition) is 2. The van der Waals surface area contributed by atoms with Gasteiger partial charge in [0.1, 0.15) is 5.56 Å². The van der Waals surface area contributed by atoms with E-state index in [-0.39, 0.29) is 11.4 Å². The first kappa shape index (κ1) is 15.0. The summed E-state index contributed by atoms with van der Waals surface area (Å²) in [7, 11) is -2.21. The monoisotopic (exact) mass is 277 g/mol. The Hall–Kier alpha value is -1.04. The molecular formula is C12H18F3NOSi. The molecule has 1 heterocycles. The van der Waals surface area contributed by atoms with Gasteiger partial charge in [0.25, 0.3) is 0 Å². The predicted octanol–water partition coefficient (Wildman–Crippen LogP) is 4.40. The first-order valence-electron chi connectivity index (χ1n) is 5.77. The molecule has 0 radical (unpaired) electrons. The van der Waals surface area contributed by atoms with Crippen molar-refractivity contribution in [1.82, 2.24) is 4.98 Å². The SMILES string of the molecule is Cc1cnc(O[Si](C)(C)C(C)C)c(C(F)(F)F)c1. The molecule has 0 atom stereocenters. The molecule has 0 N–H and O–H groups in total. The lowest BCUT2D eigenvalue weighted by Crippen LogP contribution is -2.38. The average Bonchev–Trinajstić information content (AvgIpc) is 2.18. The van der Waals surface area contributed by atoms with E-state index in [1.165, 1.54) is 6.20 Å². The van der Waals surface area contributed by atoms with Crippen LogP contribution >= 0.6 is 0 Å². The van der Waals surface area contributed by atoms with Crippen LogP contribution in [-0.4, -0.2) is 13.3 Å². The van der Waals surface area contributed by atoms with Crippen molar-refractivity contribution in [3.63, 3.8) is 0 Å². The van der Waals surface area contributed by atoms with Gasteiger partial charge in [-0.05, 0) is 37.2 Å². The summed E-state index contributed by atoms with van der Waals surface area (Å²) >= 11 is 0. The Bertz CT molecular complexity index is 430. The summed E-state index contributed by atoms with van der Waals surface area (Å²) in [6.45, 7) is 9.26. The van der Waals surface area contributed by atoms with E-state index >= 15 is 0 Å². The van der Waals surface area contributed by atoms with Gasteiger partial charge in [0.05, 0.1) is 0 Å². The Labute approximate surface area is 106 Å². The molecule has 18 heavy (non-hydrogen) atoms. The highest BCUT2D eigenvalue weighted by atomic mass is 28.4. The van der Waals surface area contributed by atoms with Crippen molar-refractivity contribution in [3.8, 4) is 5.88 Å². The number of aryl methyl sites for hydroxylation is 1. The molecule has 6 heteroatoms. The van der Waals surface area contributed by atoms with Crippen LogP contribution in [-0.2, 0) is 6.18 Å². The third kappa shape index (κ3) is 3.47. The van der Waals surface area contributed by atoms with Crippen molar-refractivity contribution < 1.29 is 17.6 Å². The van der Waals surface area contributed by atoms with Gasteiger partial charge in [-0.15, -0.1) is 0 Å². The molecule has 0 amide bonds. The topological polar surface area (TPSA) is 22.1 Å². The minimum Gasteiger partial charge on any atom is -0.530 e. The highest BCUT2D eigenvalue weighted by Crippen LogP contribution is 2.37. The summed E-state index contributed by atoms with van der Waals surface area (Å²) in [5.74, 6) is -0.293. The Balaban J connectivity index is 3.18. The molecule has 0 fully saturated rings. The fourth-order valence-corrected chi connectivity index (χ4v) is 2.10. The maximum atomic E-state index is 12.9. The minimum atomic E-state index is -4.43. The van der Waals surface area contributed by atoms with Crippen molar-refractivity contribution in [3.05, 3.63) is 23.4 Å². The molecule has 102 valence electrons. The van der Waals surface area contributed by atoms with Crippen LogP contribution in [0.3, 0.4) is 0 Å². The second-order valence-corrected chi connectivity index (χ2v) is 9.79. The quantitative estimate of drug-likeness (QED) is 0.764.